The van der Waals surface area contributed by atoms with E-state index in [2.05, 4.69) is 5.32 Å². The molecule has 31 heavy (non-hydrogen) atoms. The first-order valence-electron chi connectivity index (χ1n) is 10.4. The van der Waals surface area contributed by atoms with Gasteiger partial charge in [0.15, 0.2) is 0 Å². The Kier molecular flexibility index (Phi) is 6.07. The molecule has 162 valence electrons. The molecule has 1 fully saturated rings. The van der Waals surface area contributed by atoms with Crippen LogP contribution in [-0.4, -0.2) is 31.7 Å². The van der Waals surface area contributed by atoms with Crippen molar-refractivity contribution in [3.05, 3.63) is 78.1 Å². The number of carbonyl (C=O) groups is 1. The van der Waals surface area contributed by atoms with Crippen molar-refractivity contribution in [2.45, 2.75) is 30.7 Å². The fourth-order valence-electron chi connectivity index (χ4n) is 4.19. The predicted molar refractivity (Wildman–Crippen MR) is 118 cm³/mol. The van der Waals surface area contributed by atoms with Gasteiger partial charge in [-0.05, 0) is 48.2 Å². The fourth-order valence-corrected chi connectivity index (χ4v) is 5.72. The van der Waals surface area contributed by atoms with Crippen molar-refractivity contribution in [2.75, 3.05) is 13.1 Å². The maximum Gasteiger partial charge on any atom is 0.245 e. The van der Waals surface area contributed by atoms with Crippen molar-refractivity contribution in [2.24, 2.45) is 5.92 Å². The minimum absolute atomic E-state index is 0.0802. The van der Waals surface area contributed by atoms with Crippen LogP contribution in [0, 0.1) is 11.7 Å². The molecule has 1 amide bonds. The van der Waals surface area contributed by atoms with Gasteiger partial charge in [0.25, 0.3) is 0 Å². The third-order valence-corrected chi connectivity index (χ3v) is 7.86. The summed E-state index contributed by atoms with van der Waals surface area (Å²) in [4.78, 5) is 12.5. The lowest BCUT2D eigenvalue weighted by Crippen LogP contribution is -2.43. The Morgan fingerprint density at radius 2 is 1.65 bits per heavy atom. The summed E-state index contributed by atoms with van der Waals surface area (Å²) < 4.78 is 40.8. The molecule has 1 atom stereocenters. The molecule has 7 heteroatoms. The van der Waals surface area contributed by atoms with E-state index in [1.165, 1.54) is 22.5 Å². The molecular formula is C24H25FN2O3S. The van der Waals surface area contributed by atoms with Crippen molar-refractivity contribution < 1.29 is 17.6 Å². The third-order valence-electron chi connectivity index (χ3n) is 5.93. The molecule has 1 N–H and O–H groups in total. The Morgan fingerprint density at radius 1 is 1.00 bits per heavy atom. The highest BCUT2D eigenvalue weighted by molar-refractivity contribution is 7.89. The van der Waals surface area contributed by atoms with Gasteiger partial charge in [-0.15, -0.1) is 0 Å². The van der Waals surface area contributed by atoms with Crippen LogP contribution in [0.25, 0.3) is 10.8 Å². The van der Waals surface area contributed by atoms with Crippen LogP contribution in [0.1, 0.15) is 31.4 Å². The number of rotatable bonds is 5. The zero-order chi connectivity index (χ0) is 22.0. The van der Waals surface area contributed by atoms with E-state index >= 15 is 0 Å². The highest BCUT2D eigenvalue weighted by Crippen LogP contribution is 2.27. The van der Waals surface area contributed by atoms with E-state index in [0.29, 0.717) is 12.8 Å². The lowest BCUT2D eigenvalue weighted by atomic mass is 9.95. The SMILES string of the molecule is CC(NC(=O)C1CCN(S(=O)(=O)c2ccccc2F)CC1)c1cccc2ccccc12. The fraction of sp³-hybridized carbons (Fsp3) is 0.292. The second-order valence-electron chi connectivity index (χ2n) is 7.91. The first-order valence-corrected chi connectivity index (χ1v) is 11.8. The second kappa shape index (κ2) is 8.77. The van der Waals surface area contributed by atoms with E-state index < -0.39 is 15.8 Å². The number of benzene rings is 3. The summed E-state index contributed by atoms with van der Waals surface area (Å²) in [7, 11) is -3.91. The van der Waals surface area contributed by atoms with E-state index in [1.807, 2.05) is 49.4 Å². The number of piperidine rings is 1. The minimum Gasteiger partial charge on any atom is -0.349 e. The summed E-state index contributed by atoms with van der Waals surface area (Å²) in [6.45, 7) is 2.34. The average Bonchev–Trinajstić information content (AvgIpc) is 2.79. The van der Waals surface area contributed by atoms with Gasteiger partial charge in [0.2, 0.25) is 15.9 Å². The average molecular weight is 441 g/mol. The standard InChI is InChI=1S/C24H25FN2O3S/c1-17(20-10-6-8-18-7-2-3-9-21(18)20)26-24(28)19-13-15-27(16-14-19)31(29,30)23-12-5-4-11-22(23)25/h2-12,17,19H,13-16H2,1H3,(H,26,28). The Bertz CT molecular complexity index is 1200. The number of nitrogens with one attached hydrogen (secondary N) is 1. The van der Waals surface area contributed by atoms with Gasteiger partial charge in [0.1, 0.15) is 10.7 Å². The van der Waals surface area contributed by atoms with Gasteiger partial charge in [-0.3, -0.25) is 4.79 Å². The van der Waals surface area contributed by atoms with Crippen molar-refractivity contribution in [3.8, 4) is 0 Å². The summed E-state index contributed by atoms with van der Waals surface area (Å²) >= 11 is 0. The maximum atomic E-state index is 14.0. The molecule has 1 heterocycles. The van der Waals surface area contributed by atoms with Crippen molar-refractivity contribution >= 4 is 26.7 Å². The number of sulfonamides is 1. The number of fused-ring (bicyclic) bond motifs is 1. The van der Waals surface area contributed by atoms with E-state index in [4.69, 9.17) is 0 Å². The molecule has 3 aromatic carbocycles. The normalized spacial score (nSPS) is 16.8. The summed E-state index contributed by atoms with van der Waals surface area (Å²) in [5.41, 5.74) is 1.05. The quantitative estimate of drug-likeness (QED) is 0.645. The molecule has 0 spiro atoms. The minimum atomic E-state index is -3.91. The van der Waals surface area contributed by atoms with Gasteiger partial charge < -0.3 is 5.32 Å². The molecule has 0 aromatic heterocycles. The number of carbonyl (C=O) groups excluding carboxylic acids is 1. The van der Waals surface area contributed by atoms with Gasteiger partial charge in [0.05, 0.1) is 6.04 Å². The van der Waals surface area contributed by atoms with Crippen LogP contribution in [0.5, 0.6) is 0 Å². The first-order chi connectivity index (χ1) is 14.9. The van der Waals surface area contributed by atoms with Gasteiger partial charge in [-0.25, -0.2) is 12.8 Å². The number of hydrogen-bond acceptors (Lipinski definition) is 3. The molecule has 0 aliphatic carbocycles. The molecule has 1 saturated heterocycles. The molecule has 1 aliphatic rings. The monoisotopic (exact) mass is 440 g/mol. The summed E-state index contributed by atoms with van der Waals surface area (Å²) in [5.74, 6) is -1.11. The highest BCUT2D eigenvalue weighted by Gasteiger charge is 2.33. The van der Waals surface area contributed by atoms with Gasteiger partial charge in [-0.1, -0.05) is 54.6 Å². The highest BCUT2D eigenvalue weighted by atomic mass is 32.2. The van der Waals surface area contributed by atoms with Crippen LogP contribution < -0.4 is 5.32 Å². The van der Waals surface area contributed by atoms with E-state index in [0.717, 1.165) is 22.4 Å². The maximum absolute atomic E-state index is 14.0. The summed E-state index contributed by atoms with van der Waals surface area (Å²) in [5, 5.41) is 5.30. The molecule has 0 radical (unpaired) electrons. The third kappa shape index (κ3) is 4.34. The van der Waals surface area contributed by atoms with Crippen molar-refractivity contribution in [1.29, 1.82) is 0 Å². The molecule has 1 aliphatic heterocycles. The second-order valence-corrected chi connectivity index (χ2v) is 9.81. The Morgan fingerprint density at radius 3 is 2.39 bits per heavy atom. The van der Waals surface area contributed by atoms with Crippen molar-refractivity contribution in [3.63, 3.8) is 0 Å². The van der Waals surface area contributed by atoms with Gasteiger partial charge in [0, 0.05) is 19.0 Å². The lowest BCUT2D eigenvalue weighted by molar-refractivity contribution is -0.126. The van der Waals surface area contributed by atoms with Crippen LogP contribution in [0.2, 0.25) is 0 Å². The zero-order valence-corrected chi connectivity index (χ0v) is 18.1. The Balaban J connectivity index is 1.41. The molecule has 0 saturated carbocycles. The summed E-state index contributed by atoms with van der Waals surface area (Å²) in [6, 6.07) is 19.3. The van der Waals surface area contributed by atoms with Crippen LogP contribution in [0.4, 0.5) is 4.39 Å². The molecule has 1 unspecified atom stereocenters. The molecular weight excluding hydrogens is 415 g/mol. The Hall–Kier alpha value is -2.77. The van der Waals surface area contributed by atoms with Crippen LogP contribution >= 0.6 is 0 Å². The lowest BCUT2D eigenvalue weighted by Gasteiger charge is -2.31. The molecule has 0 bridgehead atoms. The number of halogens is 1. The van der Waals surface area contributed by atoms with Crippen molar-refractivity contribution in [1.82, 2.24) is 9.62 Å². The summed E-state index contributed by atoms with van der Waals surface area (Å²) in [6.07, 6.45) is 0.809. The van der Waals surface area contributed by atoms with Crippen LogP contribution in [0.15, 0.2) is 71.6 Å². The number of hydrogen-bond donors (Lipinski definition) is 1. The molecule has 3 aromatic rings. The predicted octanol–water partition coefficient (Wildman–Crippen LogP) is 4.26. The number of amides is 1. The van der Waals surface area contributed by atoms with E-state index in [9.17, 15) is 17.6 Å². The first kappa shape index (κ1) is 21.5. The smallest absolute Gasteiger partial charge is 0.245 e. The molecule has 5 nitrogen and oxygen atoms in total. The van der Waals surface area contributed by atoms with E-state index in [-0.39, 0.29) is 35.9 Å². The largest absolute Gasteiger partial charge is 0.349 e. The topological polar surface area (TPSA) is 66.5 Å². The Labute approximate surface area is 181 Å². The number of nitrogens with zero attached hydrogens (tertiary/aromatic N) is 1. The van der Waals surface area contributed by atoms with Gasteiger partial charge >= 0.3 is 0 Å². The van der Waals surface area contributed by atoms with E-state index in [1.54, 1.807) is 0 Å². The molecule has 4 rings (SSSR count). The van der Waals surface area contributed by atoms with Gasteiger partial charge in [-0.2, -0.15) is 4.31 Å². The van der Waals surface area contributed by atoms with Crippen LogP contribution in [0.3, 0.4) is 0 Å². The van der Waals surface area contributed by atoms with Crippen LogP contribution in [-0.2, 0) is 14.8 Å². The zero-order valence-electron chi connectivity index (χ0n) is 17.3.